The summed E-state index contributed by atoms with van der Waals surface area (Å²) < 4.78 is 12.7. The van der Waals surface area contributed by atoms with Crippen molar-refractivity contribution in [3.8, 4) is 56.4 Å². The van der Waals surface area contributed by atoms with Crippen LogP contribution in [-0.4, -0.2) is 0 Å². The lowest BCUT2D eigenvalue weighted by atomic mass is 9.65. The summed E-state index contributed by atoms with van der Waals surface area (Å²) in [6, 6.07) is 85.0. The van der Waals surface area contributed by atoms with Crippen LogP contribution < -0.4 is 14.4 Å². The number of para-hydroxylation sites is 3. The van der Waals surface area contributed by atoms with Gasteiger partial charge in [0.05, 0.1) is 11.1 Å². The summed E-state index contributed by atoms with van der Waals surface area (Å²) in [6.45, 7) is 0. The van der Waals surface area contributed by atoms with Gasteiger partial charge in [0.2, 0.25) is 0 Å². The molecule has 0 amide bonds. The Bertz CT molecular complexity index is 3300. The SMILES string of the molecule is c1ccc(-c2ccc(C3(c4ccccc4-c4cccc(N(c5ccccc5)c5ccc6c(c5)Oc5ccccc5O6)c4)c4ccccc4-c4cc5ccccc5cc43)cc2)cc1. The van der Waals surface area contributed by atoms with Crippen molar-refractivity contribution in [2.75, 3.05) is 4.90 Å². The lowest BCUT2D eigenvalue weighted by molar-refractivity contribution is 0.360. The Morgan fingerprint density at radius 3 is 1.58 bits per heavy atom. The molecule has 3 heteroatoms. The number of rotatable bonds is 7. The van der Waals surface area contributed by atoms with Crippen LogP contribution >= 0.6 is 0 Å². The monoisotopic (exact) mass is 793 g/mol. The zero-order valence-corrected chi connectivity index (χ0v) is 33.8. The van der Waals surface area contributed by atoms with Crippen LogP contribution in [0, 0.1) is 0 Å². The van der Waals surface area contributed by atoms with E-state index in [2.05, 4.69) is 211 Å². The Morgan fingerprint density at radius 2 is 0.823 bits per heavy atom. The van der Waals surface area contributed by atoms with Gasteiger partial charge in [-0.3, -0.25) is 0 Å². The van der Waals surface area contributed by atoms with Crippen LogP contribution in [-0.2, 0) is 5.41 Å². The zero-order valence-electron chi connectivity index (χ0n) is 33.8. The predicted octanol–water partition coefficient (Wildman–Crippen LogP) is 15.9. The molecule has 10 aromatic rings. The van der Waals surface area contributed by atoms with E-state index in [1.807, 2.05) is 30.3 Å². The number of benzene rings is 10. The third-order valence-electron chi connectivity index (χ3n) is 12.6. The highest BCUT2D eigenvalue weighted by atomic mass is 16.6. The highest BCUT2D eigenvalue weighted by Gasteiger charge is 2.47. The van der Waals surface area contributed by atoms with Gasteiger partial charge in [-0.2, -0.15) is 0 Å². The van der Waals surface area contributed by atoms with E-state index in [-0.39, 0.29) is 0 Å². The van der Waals surface area contributed by atoms with Crippen LogP contribution in [0.1, 0.15) is 22.3 Å². The first-order chi connectivity index (χ1) is 30.7. The molecule has 1 aliphatic carbocycles. The van der Waals surface area contributed by atoms with Crippen LogP contribution in [0.5, 0.6) is 23.0 Å². The van der Waals surface area contributed by atoms with Crippen LogP contribution in [0.15, 0.2) is 237 Å². The smallest absolute Gasteiger partial charge is 0.172 e. The summed E-state index contributed by atoms with van der Waals surface area (Å²) in [4.78, 5) is 2.29. The molecule has 2 aliphatic rings. The minimum atomic E-state index is -0.622. The van der Waals surface area contributed by atoms with Crippen LogP contribution in [0.3, 0.4) is 0 Å². The summed E-state index contributed by atoms with van der Waals surface area (Å²) in [5, 5.41) is 2.46. The van der Waals surface area contributed by atoms with Crippen LogP contribution in [0.2, 0.25) is 0 Å². The molecule has 0 aromatic heterocycles. The topological polar surface area (TPSA) is 21.7 Å². The lowest BCUT2D eigenvalue weighted by Crippen LogP contribution is -2.29. The van der Waals surface area contributed by atoms with Gasteiger partial charge in [0.1, 0.15) is 0 Å². The standard InChI is InChI=1S/C59H39NO2/c1-3-16-40(17-4-1)41-30-32-45(33-31-41)59(53-27-12-10-25-50(53)51-37-42-18-7-8-19-43(42)38-54(51)59)52-26-11-9-24-49(52)44-20-15-23-47(36-44)60(46-21-5-2-6-22-46)48-34-35-57-58(39-48)62-56-29-14-13-28-55(56)61-57/h1-39H. The van der Waals surface area contributed by atoms with Crippen molar-refractivity contribution in [2.24, 2.45) is 0 Å². The molecule has 0 spiro atoms. The van der Waals surface area contributed by atoms with Gasteiger partial charge in [0.25, 0.3) is 0 Å². The van der Waals surface area contributed by atoms with Crippen molar-refractivity contribution in [3.05, 3.63) is 259 Å². The van der Waals surface area contributed by atoms with Crippen molar-refractivity contribution in [1.82, 2.24) is 0 Å². The van der Waals surface area contributed by atoms with E-state index in [4.69, 9.17) is 9.47 Å². The van der Waals surface area contributed by atoms with Gasteiger partial charge in [0.15, 0.2) is 23.0 Å². The second kappa shape index (κ2) is 14.5. The normalized spacial score (nSPS) is 14.5. The first kappa shape index (κ1) is 35.8. The lowest BCUT2D eigenvalue weighted by Gasteiger charge is -2.36. The average molecular weight is 794 g/mol. The molecule has 10 aromatic carbocycles. The molecule has 12 rings (SSSR count). The first-order valence-corrected chi connectivity index (χ1v) is 21.2. The van der Waals surface area contributed by atoms with Crippen LogP contribution in [0.25, 0.3) is 44.2 Å². The molecule has 3 nitrogen and oxygen atoms in total. The number of hydrogen-bond donors (Lipinski definition) is 0. The van der Waals surface area contributed by atoms with E-state index in [1.54, 1.807) is 0 Å². The molecule has 1 heterocycles. The minimum absolute atomic E-state index is 0.622. The van der Waals surface area contributed by atoms with E-state index in [9.17, 15) is 0 Å². The number of anilines is 3. The van der Waals surface area contributed by atoms with Crippen LogP contribution in [0.4, 0.5) is 17.1 Å². The van der Waals surface area contributed by atoms with Gasteiger partial charge < -0.3 is 14.4 Å². The molecule has 0 saturated heterocycles. The number of nitrogens with zero attached hydrogens (tertiary/aromatic N) is 1. The van der Waals surface area contributed by atoms with Crippen molar-refractivity contribution >= 4 is 27.8 Å². The van der Waals surface area contributed by atoms with E-state index in [0.717, 1.165) is 22.6 Å². The molecule has 0 fully saturated rings. The van der Waals surface area contributed by atoms with Crippen molar-refractivity contribution in [2.45, 2.75) is 5.41 Å². The van der Waals surface area contributed by atoms with Crippen molar-refractivity contribution < 1.29 is 9.47 Å². The van der Waals surface area contributed by atoms with E-state index < -0.39 is 5.41 Å². The highest BCUT2D eigenvalue weighted by Crippen LogP contribution is 2.59. The average Bonchev–Trinajstić information content (AvgIpc) is 3.63. The number of hydrogen-bond acceptors (Lipinski definition) is 3. The fraction of sp³-hybridized carbons (Fsp3) is 0.0169. The predicted molar refractivity (Wildman–Crippen MR) is 253 cm³/mol. The largest absolute Gasteiger partial charge is 0.450 e. The third-order valence-corrected chi connectivity index (χ3v) is 12.6. The Labute approximate surface area is 361 Å². The molecule has 1 unspecified atom stereocenters. The highest BCUT2D eigenvalue weighted by molar-refractivity contribution is 5.97. The van der Waals surface area contributed by atoms with Crippen molar-refractivity contribution in [1.29, 1.82) is 0 Å². The van der Waals surface area contributed by atoms with Gasteiger partial charge in [-0.15, -0.1) is 0 Å². The second-order valence-electron chi connectivity index (χ2n) is 16.0. The fourth-order valence-electron chi connectivity index (χ4n) is 9.82. The Balaban J connectivity index is 1.06. The maximum absolute atomic E-state index is 6.42. The summed E-state index contributed by atoms with van der Waals surface area (Å²) in [5.41, 5.74) is 14.7. The molecule has 0 N–H and O–H groups in total. The first-order valence-electron chi connectivity index (χ1n) is 21.2. The maximum Gasteiger partial charge on any atom is 0.172 e. The molecule has 0 radical (unpaired) electrons. The van der Waals surface area contributed by atoms with E-state index in [0.29, 0.717) is 23.0 Å². The van der Waals surface area contributed by atoms with Gasteiger partial charge in [-0.05, 0) is 127 Å². The third kappa shape index (κ3) is 5.74. The van der Waals surface area contributed by atoms with Gasteiger partial charge in [0, 0.05) is 17.4 Å². The molecule has 0 bridgehead atoms. The molecular weight excluding hydrogens is 755 g/mol. The molecule has 292 valence electrons. The maximum atomic E-state index is 6.42. The number of ether oxygens (including phenoxy) is 2. The summed E-state index contributed by atoms with van der Waals surface area (Å²) in [5.74, 6) is 2.78. The van der Waals surface area contributed by atoms with Crippen molar-refractivity contribution in [3.63, 3.8) is 0 Å². The van der Waals surface area contributed by atoms with E-state index in [1.165, 1.54) is 60.8 Å². The van der Waals surface area contributed by atoms with Gasteiger partial charge in [-0.25, -0.2) is 0 Å². The molecule has 62 heavy (non-hydrogen) atoms. The minimum Gasteiger partial charge on any atom is -0.450 e. The second-order valence-corrected chi connectivity index (χ2v) is 16.0. The quantitative estimate of drug-likeness (QED) is 0.160. The molecular formula is C59H39NO2. The Morgan fingerprint density at radius 1 is 0.290 bits per heavy atom. The Hall–Kier alpha value is -8.14. The summed E-state index contributed by atoms with van der Waals surface area (Å²) in [6.07, 6.45) is 0. The zero-order chi connectivity index (χ0) is 41.0. The fourth-order valence-corrected chi connectivity index (χ4v) is 9.82. The molecule has 0 saturated carbocycles. The van der Waals surface area contributed by atoms with Gasteiger partial charge in [-0.1, -0.05) is 170 Å². The van der Waals surface area contributed by atoms with E-state index >= 15 is 0 Å². The Kier molecular flexibility index (Phi) is 8.39. The molecule has 1 atom stereocenters. The van der Waals surface area contributed by atoms with Gasteiger partial charge >= 0.3 is 0 Å². The summed E-state index contributed by atoms with van der Waals surface area (Å²) in [7, 11) is 0. The summed E-state index contributed by atoms with van der Waals surface area (Å²) >= 11 is 0. The number of fused-ring (bicyclic) bond motifs is 6. The molecule has 1 aliphatic heterocycles.